The van der Waals surface area contributed by atoms with Gasteiger partial charge in [-0.25, -0.2) is 9.36 Å². The summed E-state index contributed by atoms with van der Waals surface area (Å²) in [6.45, 7) is 2.59. The second kappa shape index (κ2) is 39.1. The lowest BCUT2D eigenvalue weighted by atomic mass is 10.0. The van der Waals surface area contributed by atoms with Gasteiger partial charge in [-0.05, 0) is 38.5 Å². The first-order valence-corrected chi connectivity index (χ1v) is 23.7. The van der Waals surface area contributed by atoms with E-state index in [9.17, 15) is 34.1 Å². The van der Waals surface area contributed by atoms with Crippen molar-refractivity contribution in [2.75, 3.05) is 19.8 Å². The third-order valence-electron chi connectivity index (χ3n) is 9.80. The van der Waals surface area contributed by atoms with E-state index in [1.807, 2.05) is 0 Å². The van der Waals surface area contributed by atoms with Crippen molar-refractivity contribution in [2.24, 2.45) is 0 Å². The normalized spacial score (nSPS) is 13.8. The molecular formula is C43H82NO10P. The van der Waals surface area contributed by atoms with Crippen LogP contribution in [0.25, 0.3) is 0 Å². The number of allylic oxidation sites excluding steroid dienone is 2. The highest BCUT2D eigenvalue weighted by Crippen LogP contribution is 2.43. The van der Waals surface area contributed by atoms with Crippen molar-refractivity contribution in [3.63, 3.8) is 0 Å². The quantitative estimate of drug-likeness (QED) is 0.0202. The molecule has 0 aromatic rings. The van der Waals surface area contributed by atoms with Crippen LogP contribution in [0.3, 0.4) is 0 Å². The molecule has 1 amide bonds. The second-order valence-corrected chi connectivity index (χ2v) is 16.7. The molecule has 0 saturated heterocycles. The fourth-order valence-corrected chi connectivity index (χ4v) is 7.08. The number of aliphatic hydroxyl groups excluding tert-OH is 1. The molecule has 3 unspecified atom stereocenters. The van der Waals surface area contributed by atoms with E-state index in [-0.39, 0.29) is 12.8 Å². The summed E-state index contributed by atoms with van der Waals surface area (Å²) in [5, 5.41) is 21.8. The number of carboxylic acids is 1. The fourth-order valence-electron chi connectivity index (χ4n) is 6.31. The van der Waals surface area contributed by atoms with Gasteiger partial charge in [-0.15, -0.1) is 0 Å². The number of hydrogen-bond donors (Lipinski definition) is 4. The predicted octanol–water partition coefficient (Wildman–Crippen LogP) is 11.3. The Morgan fingerprint density at radius 2 is 0.945 bits per heavy atom. The zero-order valence-corrected chi connectivity index (χ0v) is 35.9. The largest absolute Gasteiger partial charge is 0.480 e. The summed E-state index contributed by atoms with van der Waals surface area (Å²) in [5.41, 5.74) is 0. The van der Waals surface area contributed by atoms with Gasteiger partial charge < -0.3 is 25.2 Å². The molecule has 0 spiro atoms. The van der Waals surface area contributed by atoms with Gasteiger partial charge in [0.05, 0.1) is 13.2 Å². The van der Waals surface area contributed by atoms with Crippen LogP contribution in [-0.4, -0.2) is 64.9 Å². The third-order valence-corrected chi connectivity index (χ3v) is 10.8. The molecule has 0 aliphatic carbocycles. The lowest BCUT2D eigenvalue weighted by Gasteiger charge is -2.18. The average molecular weight is 804 g/mol. The molecule has 0 aliphatic rings. The van der Waals surface area contributed by atoms with Gasteiger partial charge in [-0.3, -0.25) is 18.6 Å². The molecule has 3 atom stereocenters. The summed E-state index contributed by atoms with van der Waals surface area (Å²) in [6, 6.07) is -1.54. The number of aliphatic carboxylic acids is 1. The Kier molecular flexibility index (Phi) is 37.8. The Bertz CT molecular complexity index is 995. The molecule has 0 radical (unpaired) electrons. The Balaban J connectivity index is 3.88. The number of carboxylic acid groups (broad SMARTS) is 1. The number of hydrogen-bond acceptors (Lipinski definition) is 8. The van der Waals surface area contributed by atoms with Crippen LogP contribution in [0.15, 0.2) is 12.2 Å². The topological polar surface area (TPSA) is 169 Å². The number of phosphoric acid groups is 1. The molecule has 4 N–H and O–H groups in total. The van der Waals surface area contributed by atoms with Crippen LogP contribution in [0.4, 0.5) is 0 Å². The summed E-state index contributed by atoms with van der Waals surface area (Å²) >= 11 is 0. The van der Waals surface area contributed by atoms with Crippen molar-refractivity contribution in [3.8, 4) is 0 Å². The minimum Gasteiger partial charge on any atom is -0.480 e. The molecule has 0 heterocycles. The molecule has 12 heteroatoms. The summed E-state index contributed by atoms with van der Waals surface area (Å²) in [4.78, 5) is 45.9. The highest BCUT2D eigenvalue weighted by molar-refractivity contribution is 7.47. The monoisotopic (exact) mass is 804 g/mol. The van der Waals surface area contributed by atoms with Gasteiger partial charge in [0.1, 0.15) is 12.7 Å². The smallest absolute Gasteiger partial charge is 0.472 e. The van der Waals surface area contributed by atoms with E-state index >= 15 is 0 Å². The maximum absolute atomic E-state index is 12.3. The number of carbonyl (C=O) groups is 3. The summed E-state index contributed by atoms with van der Waals surface area (Å²) < 4.78 is 26.8. The number of phosphoric ester groups is 1. The van der Waals surface area contributed by atoms with Crippen LogP contribution in [0.2, 0.25) is 0 Å². The maximum atomic E-state index is 12.3. The molecule has 0 aromatic carbocycles. The summed E-state index contributed by atoms with van der Waals surface area (Å²) in [7, 11) is -4.75. The van der Waals surface area contributed by atoms with Crippen LogP contribution >= 0.6 is 7.82 Å². The molecule has 0 saturated carbocycles. The summed E-state index contributed by atoms with van der Waals surface area (Å²) in [6.07, 6.45) is 38.0. The van der Waals surface area contributed by atoms with Gasteiger partial charge in [0, 0.05) is 12.8 Å². The Morgan fingerprint density at radius 3 is 1.40 bits per heavy atom. The number of amides is 1. The first-order valence-electron chi connectivity index (χ1n) is 22.2. The van der Waals surface area contributed by atoms with E-state index in [0.717, 1.165) is 57.8 Å². The highest BCUT2D eigenvalue weighted by atomic mass is 31.2. The molecule has 324 valence electrons. The summed E-state index contributed by atoms with van der Waals surface area (Å²) in [5.74, 6) is -2.37. The van der Waals surface area contributed by atoms with Gasteiger partial charge in [0.2, 0.25) is 5.91 Å². The molecule has 0 rings (SSSR count). The number of esters is 1. The first kappa shape index (κ1) is 53.2. The van der Waals surface area contributed by atoms with E-state index in [1.165, 1.54) is 116 Å². The van der Waals surface area contributed by atoms with Crippen LogP contribution in [0.5, 0.6) is 0 Å². The van der Waals surface area contributed by atoms with E-state index < -0.39 is 57.6 Å². The van der Waals surface area contributed by atoms with Crippen molar-refractivity contribution in [3.05, 3.63) is 12.2 Å². The molecule has 0 bridgehead atoms. The predicted molar refractivity (Wildman–Crippen MR) is 222 cm³/mol. The molecule has 0 aliphatic heterocycles. The number of aliphatic hydroxyl groups is 1. The van der Waals surface area contributed by atoms with Crippen LogP contribution in [0.1, 0.15) is 213 Å². The molecule has 0 fully saturated rings. The molecule has 0 aromatic heterocycles. The van der Waals surface area contributed by atoms with Gasteiger partial charge in [0.25, 0.3) is 0 Å². The highest BCUT2D eigenvalue weighted by Gasteiger charge is 2.28. The molecule has 55 heavy (non-hydrogen) atoms. The number of nitrogens with one attached hydrogen (secondary N) is 1. The average Bonchev–Trinajstić information content (AvgIpc) is 3.16. The van der Waals surface area contributed by atoms with E-state index in [4.69, 9.17) is 13.8 Å². The second-order valence-electron chi connectivity index (χ2n) is 15.2. The maximum Gasteiger partial charge on any atom is 0.472 e. The zero-order valence-electron chi connectivity index (χ0n) is 35.0. The van der Waals surface area contributed by atoms with E-state index in [2.05, 4.69) is 31.3 Å². The number of rotatable bonds is 42. The fraction of sp³-hybridized carbons (Fsp3) is 0.884. The van der Waals surface area contributed by atoms with Crippen molar-refractivity contribution in [2.45, 2.75) is 225 Å². The first-order chi connectivity index (χ1) is 26.6. The minimum atomic E-state index is -4.75. The molecular weight excluding hydrogens is 721 g/mol. The van der Waals surface area contributed by atoms with Gasteiger partial charge >= 0.3 is 19.8 Å². The Hall–Kier alpha value is -1.78. The van der Waals surface area contributed by atoms with Crippen molar-refractivity contribution in [1.82, 2.24) is 5.32 Å². The van der Waals surface area contributed by atoms with Gasteiger partial charge in [0.15, 0.2) is 6.04 Å². The number of carbonyl (C=O) groups excluding carboxylic acids is 2. The van der Waals surface area contributed by atoms with Crippen LogP contribution in [-0.2, 0) is 32.7 Å². The lowest BCUT2D eigenvalue weighted by molar-refractivity contribution is -0.147. The van der Waals surface area contributed by atoms with Crippen LogP contribution in [0, 0.1) is 0 Å². The van der Waals surface area contributed by atoms with E-state index in [1.54, 1.807) is 0 Å². The molecule has 11 nitrogen and oxygen atoms in total. The Labute approximate surface area is 335 Å². The number of ether oxygens (including phenoxy) is 1. The lowest BCUT2D eigenvalue weighted by Crippen LogP contribution is -2.43. The van der Waals surface area contributed by atoms with Crippen molar-refractivity contribution >= 4 is 25.7 Å². The SMILES string of the molecule is CCCCCC/C=C\CCCCCCCC(=O)OCC(O)COP(=O)(O)OCC(NC(=O)CCCCCCCCCCCCCCCCCCCC)C(=O)O. The number of unbranched alkanes of at least 4 members (excludes halogenated alkanes) is 26. The third kappa shape index (κ3) is 38.9. The van der Waals surface area contributed by atoms with Crippen molar-refractivity contribution < 1.29 is 47.8 Å². The van der Waals surface area contributed by atoms with Gasteiger partial charge in [-0.1, -0.05) is 174 Å². The Morgan fingerprint density at radius 1 is 0.564 bits per heavy atom. The van der Waals surface area contributed by atoms with Gasteiger partial charge in [-0.2, -0.15) is 0 Å². The zero-order chi connectivity index (χ0) is 40.7. The van der Waals surface area contributed by atoms with Crippen LogP contribution < -0.4 is 5.32 Å². The minimum absolute atomic E-state index is 0.151. The van der Waals surface area contributed by atoms with E-state index in [0.29, 0.717) is 12.8 Å². The van der Waals surface area contributed by atoms with Crippen molar-refractivity contribution in [1.29, 1.82) is 0 Å². The standard InChI is InChI=1S/C43H82NO10P/c1-3-5-7-9-11-13-15-17-18-19-20-21-23-24-26-28-30-32-34-41(46)44-40(43(48)49)38-54-55(50,51)53-37-39(45)36-52-42(47)35-33-31-29-27-25-22-16-14-12-10-8-6-4-2/h14,16,39-40,45H,3-13,15,17-38H2,1-2H3,(H,44,46)(H,48,49)(H,50,51)/b16-14-.